The highest BCUT2D eigenvalue weighted by molar-refractivity contribution is 7.99. The second-order valence-corrected chi connectivity index (χ2v) is 7.23. The minimum atomic E-state index is 0.146. The van der Waals surface area contributed by atoms with Gasteiger partial charge in [0.25, 0.3) is 0 Å². The van der Waals surface area contributed by atoms with Crippen LogP contribution in [0.15, 0.2) is 41.6 Å². The van der Waals surface area contributed by atoms with Crippen molar-refractivity contribution in [1.29, 1.82) is 0 Å². The Morgan fingerprint density at radius 1 is 1.08 bits per heavy atom. The molecule has 4 rings (SSSR count). The highest BCUT2D eigenvalue weighted by Crippen LogP contribution is 2.22. The van der Waals surface area contributed by atoms with E-state index in [9.17, 15) is 4.79 Å². The van der Waals surface area contributed by atoms with Crippen molar-refractivity contribution in [3.05, 3.63) is 41.4 Å². The zero-order valence-electron chi connectivity index (χ0n) is 13.4. The van der Waals surface area contributed by atoms with Crippen molar-refractivity contribution in [2.24, 2.45) is 0 Å². The highest BCUT2D eigenvalue weighted by Gasteiger charge is 2.19. The summed E-state index contributed by atoms with van der Waals surface area (Å²) in [6.07, 6.45) is 2.19. The standard InChI is InChI=1S/C17H16ClN5OS/c18-13-5-3-12(4-6-13)14-7-8-15-19-20-17(23(15)21-14)25-11-16(24)22-9-1-2-10-22/h3-8H,1-2,9-11H2. The van der Waals surface area contributed by atoms with Crippen molar-refractivity contribution in [3.8, 4) is 11.3 Å². The molecule has 0 spiro atoms. The molecule has 128 valence electrons. The third kappa shape index (κ3) is 3.48. The van der Waals surface area contributed by atoms with Gasteiger partial charge in [-0.2, -0.15) is 9.61 Å². The topological polar surface area (TPSA) is 63.4 Å². The Kier molecular flexibility index (Phi) is 4.59. The number of fused-ring (bicyclic) bond motifs is 1. The Hall–Kier alpha value is -2.12. The molecule has 25 heavy (non-hydrogen) atoms. The molecule has 6 nitrogen and oxygen atoms in total. The van der Waals surface area contributed by atoms with Crippen LogP contribution in [-0.4, -0.2) is 49.5 Å². The molecule has 0 bridgehead atoms. The number of hydrogen-bond acceptors (Lipinski definition) is 5. The average Bonchev–Trinajstić information content (AvgIpc) is 3.30. The molecule has 3 aromatic rings. The SMILES string of the molecule is O=C(CSc1nnc2ccc(-c3ccc(Cl)cc3)nn12)N1CCCC1. The molecule has 3 heterocycles. The predicted octanol–water partition coefficient (Wildman–Crippen LogP) is 3.16. The summed E-state index contributed by atoms with van der Waals surface area (Å²) in [5.74, 6) is 0.501. The van der Waals surface area contributed by atoms with Gasteiger partial charge >= 0.3 is 0 Å². The van der Waals surface area contributed by atoms with Gasteiger partial charge in [-0.25, -0.2) is 0 Å². The smallest absolute Gasteiger partial charge is 0.233 e. The Bertz CT molecular complexity index is 905. The Morgan fingerprint density at radius 2 is 1.84 bits per heavy atom. The summed E-state index contributed by atoms with van der Waals surface area (Å²) in [7, 11) is 0. The molecule has 2 aromatic heterocycles. The van der Waals surface area contributed by atoms with Gasteiger partial charge in [0.15, 0.2) is 5.65 Å². The van der Waals surface area contributed by atoms with Crippen LogP contribution in [0.5, 0.6) is 0 Å². The van der Waals surface area contributed by atoms with Crippen LogP contribution >= 0.6 is 23.4 Å². The third-order valence-electron chi connectivity index (χ3n) is 4.16. The lowest BCUT2D eigenvalue weighted by molar-refractivity contribution is -0.127. The van der Waals surface area contributed by atoms with Crippen LogP contribution in [-0.2, 0) is 4.79 Å². The summed E-state index contributed by atoms with van der Waals surface area (Å²) < 4.78 is 1.69. The van der Waals surface area contributed by atoms with E-state index < -0.39 is 0 Å². The van der Waals surface area contributed by atoms with Crippen molar-refractivity contribution in [2.75, 3.05) is 18.8 Å². The van der Waals surface area contributed by atoms with Gasteiger partial charge in [-0.1, -0.05) is 35.5 Å². The second-order valence-electron chi connectivity index (χ2n) is 5.85. The van der Waals surface area contributed by atoms with Crippen LogP contribution in [0.25, 0.3) is 16.9 Å². The van der Waals surface area contributed by atoms with Gasteiger partial charge in [-0.15, -0.1) is 10.2 Å². The maximum atomic E-state index is 12.2. The molecule has 1 aliphatic rings. The molecule has 0 N–H and O–H groups in total. The molecule has 1 aromatic carbocycles. The molecule has 1 saturated heterocycles. The number of rotatable bonds is 4. The van der Waals surface area contributed by atoms with Crippen molar-refractivity contribution >= 4 is 34.9 Å². The lowest BCUT2D eigenvalue weighted by Crippen LogP contribution is -2.29. The minimum absolute atomic E-state index is 0.146. The summed E-state index contributed by atoms with van der Waals surface area (Å²) in [5, 5.41) is 14.2. The Balaban J connectivity index is 1.56. The normalized spacial score (nSPS) is 14.4. The number of amides is 1. The molecule has 0 aliphatic carbocycles. The summed E-state index contributed by atoms with van der Waals surface area (Å²) in [6.45, 7) is 1.72. The number of aromatic nitrogens is 4. The molecule has 0 saturated carbocycles. The minimum Gasteiger partial charge on any atom is -0.342 e. The van der Waals surface area contributed by atoms with Crippen LogP contribution in [0, 0.1) is 0 Å². The Morgan fingerprint density at radius 3 is 2.60 bits per heavy atom. The maximum absolute atomic E-state index is 12.2. The largest absolute Gasteiger partial charge is 0.342 e. The first kappa shape index (κ1) is 16.4. The Labute approximate surface area is 154 Å². The van der Waals surface area contributed by atoms with E-state index in [1.54, 1.807) is 4.52 Å². The number of thioether (sulfide) groups is 1. The number of hydrogen-bond donors (Lipinski definition) is 0. The van der Waals surface area contributed by atoms with E-state index in [4.69, 9.17) is 11.6 Å². The molecule has 0 atom stereocenters. The molecule has 8 heteroatoms. The molecular formula is C17H16ClN5OS. The first-order valence-corrected chi connectivity index (χ1v) is 9.46. The van der Waals surface area contributed by atoms with Crippen molar-refractivity contribution in [1.82, 2.24) is 24.7 Å². The van der Waals surface area contributed by atoms with Crippen LogP contribution in [0.4, 0.5) is 0 Å². The first-order chi connectivity index (χ1) is 12.2. The van der Waals surface area contributed by atoms with Crippen LogP contribution in [0.2, 0.25) is 5.02 Å². The van der Waals surface area contributed by atoms with Gasteiger partial charge in [0.1, 0.15) is 0 Å². The maximum Gasteiger partial charge on any atom is 0.233 e. The zero-order chi connectivity index (χ0) is 17.2. The highest BCUT2D eigenvalue weighted by atomic mass is 35.5. The first-order valence-electron chi connectivity index (χ1n) is 8.10. The number of likely N-dealkylation sites (tertiary alicyclic amines) is 1. The average molecular weight is 374 g/mol. The fourth-order valence-corrected chi connectivity index (χ4v) is 3.73. The fourth-order valence-electron chi connectivity index (χ4n) is 2.82. The monoisotopic (exact) mass is 373 g/mol. The van der Waals surface area contributed by atoms with Crippen LogP contribution in [0.1, 0.15) is 12.8 Å². The van der Waals surface area contributed by atoms with Gasteiger partial charge in [0.2, 0.25) is 11.1 Å². The number of benzene rings is 1. The van der Waals surface area contributed by atoms with Crippen molar-refractivity contribution in [2.45, 2.75) is 18.0 Å². The molecule has 1 amide bonds. The van der Waals surface area contributed by atoms with E-state index in [1.807, 2.05) is 41.3 Å². The summed E-state index contributed by atoms with van der Waals surface area (Å²) in [5.41, 5.74) is 2.43. The van der Waals surface area contributed by atoms with E-state index in [0.29, 0.717) is 21.6 Å². The van der Waals surface area contributed by atoms with Gasteiger partial charge in [0, 0.05) is 23.7 Å². The second kappa shape index (κ2) is 7.01. The van der Waals surface area contributed by atoms with Crippen LogP contribution in [0.3, 0.4) is 0 Å². The fraction of sp³-hybridized carbons (Fsp3) is 0.294. The molecular weight excluding hydrogens is 358 g/mol. The molecule has 0 radical (unpaired) electrons. The van der Waals surface area contributed by atoms with Gasteiger partial charge < -0.3 is 4.90 Å². The summed E-state index contributed by atoms with van der Waals surface area (Å²) in [4.78, 5) is 14.1. The summed E-state index contributed by atoms with van der Waals surface area (Å²) in [6, 6.07) is 11.3. The quantitative estimate of drug-likeness (QED) is 0.657. The summed E-state index contributed by atoms with van der Waals surface area (Å²) >= 11 is 7.31. The number of carbonyl (C=O) groups excluding carboxylic acids is 1. The zero-order valence-corrected chi connectivity index (χ0v) is 15.0. The van der Waals surface area contributed by atoms with Gasteiger partial charge in [-0.3, -0.25) is 4.79 Å². The van der Waals surface area contributed by atoms with Gasteiger partial charge in [0.05, 0.1) is 11.4 Å². The number of nitrogens with zero attached hydrogens (tertiary/aromatic N) is 5. The number of halogens is 1. The van der Waals surface area contributed by atoms with E-state index in [2.05, 4.69) is 15.3 Å². The molecule has 0 unspecified atom stereocenters. The lowest BCUT2D eigenvalue weighted by Gasteiger charge is -2.14. The lowest BCUT2D eigenvalue weighted by atomic mass is 10.1. The van der Waals surface area contributed by atoms with Gasteiger partial charge in [-0.05, 0) is 37.1 Å². The van der Waals surface area contributed by atoms with E-state index in [-0.39, 0.29) is 5.91 Å². The molecule has 1 aliphatic heterocycles. The molecule has 1 fully saturated rings. The van der Waals surface area contributed by atoms with Crippen molar-refractivity contribution in [3.63, 3.8) is 0 Å². The van der Waals surface area contributed by atoms with E-state index in [1.165, 1.54) is 11.8 Å². The van der Waals surface area contributed by atoms with Crippen molar-refractivity contribution < 1.29 is 4.79 Å². The number of carbonyl (C=O) groups is 1. The van der Waals surface area contributed by atoms with E-state index in [0.717, 1.165) is 37.2 Å². The predicted molar refractivity (Wildman–Crippen MR) is 97.8 cm³/mol. The third-order valence-corrected chi connectivity index (χ3v) is 5.31. The van der Waals surface area contributed by atoms with E-state index >= 15 is 0 Å². The van der Waals surface area contributed by atoms with Crippen LogP contribution < -0.4 is 0 Å².